The number of fused-ring (bicyclic) bond motifs is 2. The molecule has 2 aromatic heterocycles. The molecule has 1 fully saturated rings. The van der Waals surface area contributed by atoms with Crippen molar-refractivity contribution in [1.29, 1.82) is 0 Å². The van der Waals surface area contributed by atoms with Crippen LogP contribution in [0.3, 0.4) is 0 Å². The average Bonchev–Trinajstić information content (AvgIpc) is 3.37. The second-order valence-electron chi connectivity index (χ2n) is 9.70. The number of aromatic nitrogens is 2. The Morgan fingerprint density at radius 1 is 1.12 bits per heavy atom. The zero-order valence-corrected chi connectivity index (χ0v) is 19.6. The molecule has 0 bridgehead atoms. The summed E-state index contributed by atoms with van der Waals surface area (Å²) in [7, 11) is 2.03. The Morgan fingerprint density at radius 3 is 2.64 bits per heavy atom. The predicted molar refractivity (Wildman–Crippen MR) is 126 cm³/mol. The molecule has 1 aromatic carbocycles. The van der Waals surface area contributed by atoms with Gasteiger partial charge in [-0.2, -0.15) is 0 Å². The lowest BCUT2D eigenvalue weighted by Gasteiger charge is -2.33. The number of carbonyl (C=O) groups is 1. The summed E-state index contributed by atoms with van der Waals surface area (Å²) >= 11 is 0. The van der Waals surface area contributed by atoms with E-state index >= 15 is 0 Å². The van der Waals surface area contributed by atoms with E-state index in [-0.39, 0.29) is 12.9 Å². The number of hydrogen-bond acceptors (Lipinski definition) is 6. The highest BCUT2D eigenvalue weighted by atomic mass is 16.7. The molecule has 0 spiro atoms. The lowest BCUT2D eigenvalue weighted by molar-refractivity contribution is 0.0205. The molecule has 3 aromatic rings. The number of nitrogens with zero attached hydrogens (tertiary/aromatic N) is 3. The maximum Gasteiger partial charge on any atom is 0.410 e. The van der Waals surface area contributed by atoms with Crippen molar-refractivity contribution in [3.05, 3.63) is 42.1 Å². The van der Waals surface area contributed by atoms with E-state index in [0.29, 0.717) is 19.0 Å². The predicted octanol–water partition coefficient (Wildman–Crippen LogP) is 5.16. The summed E-state index contributed by atoms with van der Waals surface area (Å²) in [4.78, 5) is 19.1. The minimum absolute atomic E-state index is 0.222. The van der Waals surface area contributed by atoms with E-state index in [2.05, 4.69) is 22.1 Å². The second-order valence-corrected chi connectivity index (χ2v) is 9.70. The van der Waals surface area contributed by atoms with Gasteiger partial charge in [-0.05, 0) is 69.4 Å². The summed E-state index contributed by atoms with van der Waals surface area (Å²) in [5.41, 5.74) is 2.65. The molecule has 8 heteroatoms. The second kappa shape index (κ2) is 8.17. The third-order valence-corrected chi connectivity index (χ3v) is 6.08. The topological polar surface area (TPSA) is 77.9 Å². The maximum atomic E-state index is 12.4. The van der Waals surface area contributed by atoms with Gasteiger partial charge >= 0.3 is 6.09 Å². The number of benzene rings is 1. The van der Waals surface area contributed by atoms with Crippen LogP contribution < -0.4 is 14.8 Å². The average molecular weight is 451 g/mol. The first kappa shape index (κ1) is 21.4. The first-order valence-electron chi connectivity index (χ1n) is 11.4. The van der Waals surface area contributed by atoms with Crippen molar-refractivity contribution >= 4 is 28.6 Å². The van der Waals surface area contributed by atoms with E-state index in [0.717, 1.165) is 46.9 Å². The summed E-state index contributed by atoms with van der Waals surface area (Å²) in [5.74, 6) is 2.66. The molecule has 0 radical (unpaired) electrons. The number of rotatable bonds is 3. The third-order valence-electron chi connectivity index (χ3n) is 6.08. The Morgan fingerprint density at radius 2 is 1.88 bits per heavy atom. The van der Waals surface area contributed by atoms with Crippen LogP contribution in [0.1, 0.15) is 45.1 Å². The number of hydrogen-bond donors (Lipinski definition) is 1. The van der Waals surface area contributed by atoms with Gasteiger partial charge in [0, 0.05) is 43.5 Å². The molecular weight excluding hydrogens is 420 g/mol. The Hall–Kier alpha value is -3.42. The van der Waals surface area contributed by atoms with E-state index in [1.54, 1.807) is 0 Å². The van der Waals surface area contributed by atoms with Gasteiger partial charge in [0.25, 0.3) is 0 Å². The molecule has 0 atom stereocenters. The Kier molecular flexibility index (Phi) is 5.31. The molecule has 174 valence electrons. The molecule has 2 aliphatic rings. The lowest BCUT2D eigenvalue weighted by atomic mass is 9.89. The van der Waals surface area contributed by atoms with Gasteiger partial charge in [-0.25, -0.2) is 9.78 Å². The van der Waals surface area contributed by atoms with Crippen LogP contribution in [-0.4, -0.2) is 46.0 Å². The van der Waals surface area contributed by atoms with Gasteiger partial charge in [-0.15, -0.1) is 0 Å². The highest BCUT2D eigenvalue weighted by molar-refractivity contribution is 5.83. The van der Waals surface area contributed by atoms with Gasteiger partial charge in [0.1, 0.15) is 17.1 Å². The van der Waals surface area contributed by atoms with Crippen LogP contribution in [0.25, 0.3) is 11.0 Å². The number of nitrogens with one attached hydrogen (secondary N) is 1. The van der Waals surface area contributed by atoms with Crippen LogP contribution in [0, 0.1) is 0 Å². The standard InChI is InChI=1S/C25H30N4O4/c1-25(2,3)33-24(30)29-11-9-16(10-12-29)19-14-28(4)23-18(19)6-8-22(27-23)26-17-5-7-20-21(13-17)32-15-31-20/h5-8,13-14,16H,9-12,15H2,1-4H3,(H,26,27). The molecule has 1 N–H and O–H groups in total. The number of amides is 1. The molecule has 5 rings (SSSR count). The fourth-order valence-corrected chi connectivity index (χ4v) is 4.50. The third kappa shape index (κ3) is 4.42. The molecule has 33 heavy (non-hydrogen) atoms. The largest absolute Gasteiger partial charge is 0.454 e. The lowest BCUT2D eigenvalue weighted by Crippen LogP contribution is -2.41. The number of likely N-dealkylation sites (tertiary alicyclic amines) is 1. The zero-order valence-electron chi connectivity index (χ0n) is 19.6. The van der Waals surface area contributed by atoms with Crippen LogP contribution >= 0.6 is 0 Å². The minimum atomic E-state index is -0.471. The smallest absolute Gasteiger partial charge is 0.410 e. The van der Waals surface area contributed by atoms with Crippen LogP contribution in [0.15, 0.2) is 36.5 Å². The Balaban J connectivity index is 1.30. The van der Waals surface area contributed by atoms with E-state index < -0.39 is 5.60 Å². The van der Waals surface area contributed by atoms with Gasteiger partial charge in [0.15, 0.2) is 11.5 Å². The first-order valence-corrected chi connectivity index (χ1v) is 11.4. The summed E-state index contributed by atoms with van der Waals surface area (Å²) in [6, 6.07) is 9.91. The van der Waals surface area contributed by atoms with Crippen molar-refractivity contribution in [3.63, 3.8) is 0 Å². The number of ether oxygens (including phenoxy) is 3. The molecule has 1 amide bonds. The van der Waals surface area contributed by atoms with Crippen molar-refractivity contribution in [3.8, 4) is 11.5 Å². The van der Waals surface area contributed by atoms with Crippen molar-refractivity contribution in [2.75, 3.05) is 25.2 Å². The zero-order chi connectivity index (χ0) is 23.2. The van der Waals surface area contributed by atoms with Gasteiger partial charge in [-0.3, -0.25) is 0 Å². The molecule has 0 unspecified atom stereocenters. The first-order chi connectivity index (χ1) is 15.8. The molecule has 0 aliphatic carbocycles. The van der Waals surface area contributed by atoms with E-state index in [9.17, 15) is 4.79 Å². The summed E-state index contributed by atoms with van der Waals surface area (Å²) in [5, 5.41) is 4.52. The quantitative estimate of drug-likeness (QED) is 0.594. The SMILES string of the molecule is Cn1cc(C2CCN(C(=O)OC(C)(C)C)CC2)c2ccc(Nc3ccc4c(c3)OCO4)nc21. The molecule has 2 aliphatic heterocycles. The monoisotopic (exact) mass is 450 g/mol. The highest BCUT2D eigenvalue weighted by Crippen LogP contribution is 2.37. The highest BCUT2D eigenvalue weighted by Gasteiger charge is 2.29. The van der Waals surface area contributed by atoms with Crippen molar-refractivity contribution in [1.82, 2.24) is 14.5 Å². The number of piperidine rings is 1. The minimum Gasteiger partial charge on any atom is -0.454 e. The molecule has 0 saturated carbocycles. The van der Waals surface area contributed by atoms with Crippen molar-refractivity contribution in [2.24, 2.45) is 7.05 Å². The van der Waals surface area contributed by atoms with Crippen LogP contribution in [0.5, 0.6) is 11.5 Å². The molecule has 1 saturated heterocycles. The van der Waals surface area contributed by atoms with E-state index in [1.165, 1.54) is 5.56 Å². The van der Waals surface area contributed by atoms with Gasteiger partial charge in [-0.1, -0.05) is 0 Å². The Bertz CT molecular complexity index is 1190. The summed E-state index contributed by atoms with van der Waals surface area (Å²) in [6.45, 7) is 7.36. The fourth-order valence-electron chi connectivity index (χ4n) is 4.50. The normalized spacial score (nSPS) is 16.3. The molecule has 8 nitrogen and oxygen atoms in total. The number of anilines is 2. The molecule has 4 heterocycles. The molecular formula is C25H30N4O4. The number of aryl methyl sites for hydroxylation is 1. The summed E-state index contributed by atoms with van der Waals surface area (Å²) < 4.78 is 18.5. The van der Waals surface area contributed by atoms with Crippen molar-refractivity contribution in [2.45, 2.75) is 45.1 Å². The van der Waals surface area contributed by atoms with Crippen LogP contribution in [0.2, 0.25) is 0 Å². The fraction of sp³-hybridized carbons (Fsp3) is 0.440. The van der Waals surface area contributed by atoms with E-state index in [4.69, 9.17) is 19.2 Å². The summed E-state index contributed by atoms with van der Waals surface area (Å²) in [6.07, 6.45) is 3.78. The van der Waals surface area contributed by atoms with Crippen molar-refractivity contribution < 1.29 is 19.0 Å². The van der Waals surface area contributed by atoms with Gasteiger partial charge < -0.3 is 29.0 Å². The van der Waals surface area contributed by atoms with Gasteiger partial charge in [0.2, 0.25) is 6.79 Å². The van der Waals surface area contributed by atoms with Crippen LogP contribution in [-0.2, 0) is 11.8 Å². The van der Waals surface area contributed by atoms with Gasteiger partial charge in [0.05, 0.1) is 0 Å². The maximum absolute atomic E-state index is 12.4. The van der Waals surface area contributed by atoms with Crippen LogP contribution in [0.4, 0.5) is 16.3 Å². The number of carbonyl (C=O) groups excluding carboxylic acids is 1. The number of pyridine rings is 1. The Labute approximate surface area is 193 Å². The van der Waals surface area contributed by atoms with E-state index in [1.807, 2.05) is 57.0 Å².